The van der Waals surface area contributed by atoms with Crippen LogP contribution in [0.25, 0.3) is 43.6 Å². The van der Waals surface area contributed by atoms with Crippen molar-refractivity contribution in [1.29, 1.82) is 5.41 Å². The minimum absolute atomic E-state index is 0.00960. The van der Waals surface area contributed by atoms with Crippen LogP contribution in [0.2, 0.25) is 0 Å². The number of hydrogen-bond acceptors (Lipinski definition) is 8. The quantitative estimate of drug-likeness (QED) is 0.234. The smallest absolute Gasteiger partial charge is 0.259 e. The first-order chi connectivity index (χ1) is 22.8. The Labute approximate surface area is 270 Å². The summed E-state index contributed by atoms with van der Waals surface area (Å²) in [7, 11) is 0. The molecule has 0 aliphatic carbocycles. The van der Waals surface area contributed by atoms with Crippen LogP contribution in [-0.2, 0) is 22.6 Å². The highest BCUT2D eigenvalue weighted by atomic mass is 16.5. The van der Waals surface area contributed by atoms with Crippen LogP contribution in [0.3, 0.4) is 0 Å². The summed E-state index contributed by atoms with van der Waals surface area (Å²) in [5.74, 6) is -0.0644. The maximum absolute atomic E-state index is 14.5. The van der Waals surface area contributed by atoms with Crippen molar-refractivity contribution in [2.45, 2.75) is 24.8 Å². The number of carbonyl (C=O) groups excluding carboxylic acids is 1. The van der Waals surface area contributed by atoms with Gasteiger partial charge in [0.2, 0.25) is 0 Å². The molecular formula is C35H38N8O4. The molecule has 0 spiro atoms. The van der Waals surface area contributed by atoms with Gasteiger partial charge in [-0.2, -0.15) is 0 Å². The molecular weight excluding hydrogens is 596 g/mol. The van der Waals surface area contributed by atoms with Crippen LogP contribution in [0.4, 0.5) is 0 Å². The number of nitrogens with one attached hydrogen (secondary N) is 1. The standard InChI is InChI=1S/C35H38N8O4/c36-32-28-26-21-5-1-3-7-23(21)42-19-25(44)35(46,34(45)41-13-11-39(12-14-41)9-10-40-15-17-47-18-16-40)20-43-24-8-4-2-6-22(24)27(31(43)30(26)42)29(28)33(37)38-32/h1-8,25,44,46H,9-20H2,(H3,36,37,38). The average molecular weight is 635 g/mol. The summed E-state index contributed by atoms with van der Waals surface area (Å²) in [6.07, 6.45) is -1.39. The molecule has 4 aliphatic rings. The lowest BCUT2D eigenvalue weighted by molar-refractivity contribution is -0.169. The molecule has 1 amide bonds. The van der Waals surface area contributed by atoms with Crippen LogP contribution in [0.1, 0.15) is 11.1 Å². The number of nitrogens with zero attached hydrogens (tertiary/aromatic N) is 6. The Morgan fingerprint density at radius 1 is 0.872 bits per heavy atom. The first kappa shape index (κ1) is 28.9. The molecule has 5 aromatic rings. The highest BCUT2D eigenvalue weighted by Crippen LogP contribution is 2.46. The fourth-order valence-corrected chi connectivity index (χ4v) is 8.37. The van der Waals surface area contributed by atoms with Gasteiger partial charge in [0, 0.05) is 96.1 Å². The third-order valence-electron chi connectivity index (χ3n) is 10.8. The van der Waals surface area contributed by atoms with E-state index in [1.165, 1.54) is 0 Å². The van der Waals surface area contributed by atoms with E-state index in [1.54, 1.807) is 4.90 Å². The van der Waals surface area contributed by atoms with Gasteiger partial charge in [-0.1, -0.05) is 36.4 Å². The number of aliphatic hydroxyl groups excluding tert-OH is 1. The fraction of sp³-hybridized carbons (Fsp3) is 0.400. The molecule has 4 aliphatic heterocycles. The van der Waals surface area contributed by atoms with Crippen LogP contribution >= 0.6 is 0 Å². The number of morpholine rings is 1. The van der Waals surface area contributed by atoms with Crippen molar-refractivity contribution >= 4 is 61.2 Å². The Morgan fingerprint density at radius 3 is 2.13 bits per heavy atom. The zero-order valence-electron chi connectivity index (χ0n) is 26.2. The molecule has 6 heterocycles. The van der Waals surface area contributed by atoms with Crippen LogP contribution < -0.4 is 5.73 Å². The summed E-state index contributed by atoms with van der Waals surface area (Å²) in [6.45, 7) is 7.57. The maximum Gasteiger partial charge on any atom is 0.259 e. The molecule has 2 fully saturated rings. The summed E-state index contributed by atoms with van der Waals surface area (Å²) in [5.41, 5.74) is 9.14. The number of aromatic nitrogens is 2. The maximum atomic E-state index is 14.5. The number of fused-ring (bicyclic) bond motifs is 9. The predicted molar refractivity (Wildman–Crippen MR) is 181 cm³/mol. The normalized spacial score (nSPS) is 24.0. The number of ether oxygens (including phenoxy) is 1. The number of amidine groups is 2. The summed E-state index contributed by atoms with van der Waals surface area (Å²) in [6, 6.07) is 15.8. The number of aliphatic hydroxyl groups is 2. The largest absolute Gasteiger partial charge is 0.388 e. The number of carbonyl (C=O) groups is 1. The molecule has 0 bridgehead atoms. The van der Waals surface area contributed by atoms with Gasteiger partial charge in [-0.3, -0.25) is 20.0 Å². The lowest BCUT2D eigenvalue weighted by Gasteiger charge is -2.42. The lowest BCUT2D eigenvalue weighted by atomic mass is 9.92. The Hall–Kier alpha value is -4.33. The van der Waals surface area contributed by atoms with Gasteiger partial charge in [0.25, 0.3) is 5.91 Å². The van der Waals surface area contributed by atoms with Gasteiger partial charge in [0.15, 0.2) is 11.4 Å². The molecule has 12 heteroatoms. The van der Waals surface area contributed by atoms with Crippen molar-refractivity contribution in [3.05, 3.63) is 59.7 Å². The Morgan fingerprint density at radius 2 is 1.45 bits per heavy atom. The monoisotopic (exact) mass is 634 g/mol. The molecule has 3 aromatic carbocycles. The summed E-state index contributed by atoms with van der Waals surface area (Å²) in [5, 5.41) is 36.9. The van der Waals surface area contributed by atoms with E-state index in [1.807, 2.05) is 57.7 Å². The van der Waals surface area contributed by atoms with Crippen LogP contribution in [0.5, 0.6) is 0 Å². The number of amides is 1. The first-order valence-corrected chi connectivity index (χ1v) is 16.5. The van der Waals surface area contributed by atoms with E-state index in [0.717, 1.165) is 88.6 Å². The number of aliphatic imine (C=N–C) groups is 1. The first-order valence-electron chi connectivity index (χ1n) is 16.5. The Kier molecular flexibility index (Phi) is 6.50. The van der Waals surface area contributed by atoms with Crippen molar-refractivity contribution in [2.75, 3.05) is 65.6 Å². The summed E-state index contributed by atoms with van der Waals surface area (Å²) in [4.78, 5) is 25.4. The van der Waals surface area contributed by atoms with Gasteiger partial charge >= 0.3 is 0 Å². The van der Waals surface area contributed by atoms with Gasteiger partial charge in [-0.25, -0.2) is 4.99 Å². The molecule has 242 valence electrons. The average Bonchev–Trinajstić information content (AvgIpc) is 3.70. The molecule has 2 saturated heterocycles. The topological polar surface area (TPSA) is 149 Å². The molecule has 5 N–H and O–H groups in total. The van der Waals surface area contributed by atoms with Crippen molar-refractivity contribution in [3.63, 3.8) is 0 Å². The molecule has 0 saturated carbocycles. The Bertz CT molecular complexity index is 2150. The van der Waals surface area contributed by atoms with Gasteiger partial charge in [0.1, 0.15) is 11.9 Å². The van der Waals surface area contributed by atoms with Crippen molar-refractivity contribution < 1.29 is 19.7 Å². The van der Waals surface area contributed by atoms with Gasteiger partial charge in [0.05, 0.1) is 37.3 Å². The number of rotatable bonds is 4. The minimum Gasteiger partial charge on any atom is -0.388 e. The van der Waals surface area contributed by atoms with E-state index < -0.39 is 17.6 Å². The predicted octanol–water partition coefficient (Wildman–Crippen LogP) is 1.53. The molecule has 0 radical (unpaired) electrons. The second-order valence-corrected chi connectivity index (χ2v) is 13.3. The van der Waals surface area contributed by atoms with Crippen LogP contribution in [0, 0.1) is 5.41 Å². The zero-order chi connectivity index (χ0) is 32.0. The fourth-order valence-electron chi connectivity index (χ4n) is 8.37. The number of para-hydroxylation sites is 2. The highest BCUT2D eigenvalue weighted by Gasteiger charge is 2.49. The molecule has 47 heavy (non-hydrogen) atoms. The second-order valence-electron chi connectivity index (χ2n) is 13.3. The van der Waals surface area contributed by atoms with E-state index >= 15 is 0 Å². The molecule has 9 rings (SSSR count). The molecule has 2 aromatic heterocycles. The molecule has 12 nitrogen and oxygen atoms in total. The summed E-state index contributed by atoms with van der Waals surface area (Å²) >= 11 is 0. The third-order valence-corrected chi connectivity index (χ3v) is 10.8. The third kappa shape index (κ3) is 4.15. The molecule has 2 unspecified atom stereocenters. The van der Waals surface area contributed by atoms with E-state index in [-0.39, 0.29) is 18.9 Å². The van der Waals surface area contributed by atoms with E-state index in [0.29, 0.717) is 37.6 Å². The Balaban J connectivity index is 1.15. The number of hydrogen-bond donors (Lipinski definition) is 4. The van der Waals surface area contributed by atoms with Crippen molar-refractivity contribution in [2.24, 2.45) is 10.7 Å². The van der Waals surface area contributed by atoms with E-state index in [4.69, 9.17) is 15.9 Å². The van der Waals surface area contributed by atoms with Gasteiger partial charge in [-0.15, -0.1) is 0 Å². The second kappa shape index (κ2) is 10.6. The molecule has 2 atom stereocenters. The zero-order valence-corrected chi connectivity index (χ0v) is 26.2. The van der Waals surface area contributed by atoms with E-state index in [2.05, 4.69) is 14.8 Å². The highest BCUT2D eigenvalue weighted by molar-refractivity contribution is 6.39. The number of nitrogens with two attached hydrogens (primary N) is 1. The number of benzene rings is 3. The van der Waals surface area contributed by atoms with Crippen molar-refractivity contribution in [3.8, 4) is 0 Å². The SMILES string of the molecule is N=C1N=C(N)c2c1c1c3ccccc3n3c1c1c2c2ccccc2n1CC(O)C(O)(C(=O)N1CCN(CCN2CCOCC2)CC1)C3. The van der Waals surface area contributed by atoms with Crippen LogP contribution in [-0.4, -0.2) is 129 Å². The number of piperazine rings is 1. The van der Waals surface area contributed by atoms with Gasteiger partial charge < -0.3 is 34.7 Å². The van der Waals surface area contributed by atoms with Crippen LogP contribution in [0.15, 0.2) is 53.5 Å². The van der Waals surface area contributed by atoms with E-state index in [9.17, 15) is 15.0 Å². The van der Waals surface area contributed by atoms with Gasteiger partial charge in [-0.05, 0) is 12.1 Å². The lowest BCUT2D eigenvalue weighted by Crippen LogP contribution is -2.62. The summed E-state index contributed by atoms with van der Waals surface area (Å²) < 4.78 is 9.47. The minimum atomic E-state index is -2.10. The van der Waals surface area contributed by atoms with Crippen molar-refractivity contribution in [1.82, 2.24) is 23.8 Å².